The number of carbonyl (C=O) groups is 1. The fourth-order valence-corrected chi connectivity index (χ4v) is 3.16. The Labute approximate surface area is 103 Å². The number of hydrogen-bond donors (Lipinski definition) is 0. The molecular formula is C12H15NO3S. The summed E-state index contributed by atoms with van der Waals surface area (Å²) in [7, 11) is -3.80. The zero-order valence-corrected chi connectivity index (χ0v) is 10.4. The minimum Gasteiger partial charge on any atom is -0.274 e. The lowest BCUT2D eigenvalue weighted by atomic mass is 10.2. The van der Waals surface area contributed by atoms with Gasteiger partial charge in [-0.15, -0.1) is 0 Å². The minimum absolute atomic E-state index is 0.107. The van der Waals surface area contributed by atoms with Crippen LogP contribution in [-0.4, -0.2) is 25.2 Å². The van der Waals surface area contributed by atoms with Crippen molar-refractivity contribution in [2.24, 2.45) is 0 Å². The smallest absolute Gasteiger partial charge is 0.266 e. The van der Waals surface area contributed by atoms with Gasteiger partial charge in [0.25, 0.3) is 10.0 Å². The minimum atomic E-state index is -3.80. The summed E-state index contributed by atoms with van der Waals surface area (Å²) in [6, 6.07) is 6.37. The van der Waals surface area contributed by atoms with Gasteiger partial charge < -0.3 is 0 Å². The first-order chi connectivity index (χ1) is 8.43. The third kappa shape index (κ3) is 2.34. The lowest BCUT2D eigenvalue weighted by molar-refractivity contribution is -0.128. The lowest BCUT2D eigenvalue weighted by Gasteiger charge is -2.26. The van der Waals surface area contributed by atoms with Crippen molar-refractivity contribution in [3.8, 4) is 0 Å². The van der Waals surface area contributed by atoms with E-state index in [0.717, 1.165) is 9.87 Å². The highest BCUT2D eigenvalue weighted by Gasteiger charge is 2.30. The van der Waals surface area contributed by atoms with Crippen LogP contribution in [0.5, 0.6) is 0 Å². The summed E-state index contributed by atoms with van der Waals surface area (Å²) in [5.41, 5.74) is 0.956. The molecule has 1 unspecified atom stereocenters. The first-order valence-electron chi connectivity index (χ1n) is 6.06. The Morgan fingerprint density at radius 1 is 1.24 bits per heavy atom. The molecule has 1 aliphatic heterocycles. The van der Waals surface area contributed by atoms with Gasteiger partial charge in [0.05, 0.1) is 4.90 Å². The van der Waals surface area contributed by atoms with Crippen LogP contribution in [0.25, 0.3) is 0 Å². The Kier molecular flexibility index (Phi) is 2.84. The molecule has 1 atom stereocenters. The molecule has 0 bridgehead atoms. The average molecular weight is 254 g/mol. The quantitative estimate of drug-likeness (QED) is 0.807. The first-order valence-corrected chi connectivity index (χ1v) is 6.92. The van der Waals surface area contributed by atoms with Gasteiger partial charge in [-0.1, -0.05) is 17.7 Å². The van der Waals surface area contributed by atoms with Crippen LogP contribution in [-0.2, 0) is 14.8 Å². The summed E-state index contributed by atoms with van der Waals surface area (Å²) >= 11 is 0. The van der Waals surface area contributed by atoms with E-state index in [1.807, 2.05) is 6.92 Å². The maximum absolute atomic E-state index is 12.3. The number of rotatable bonds is 2. The predicted octanol–water partition coefficient (Wildman–Crippen LogP) is 1.70. The Morgan fingerprint density at radius 3 is 2.53 bits per heavy atom. The molecule has 92 valence electrons. The zero-order chi connectivity index (χ0) is 13.3. The van der Waals surface area contributed by atoms with E-state index in [0.29, 0.717) is 12.8 Å². The number of benzene rings is 1. The van der Waals surface area contributed by atoms with Crippen molar-refractivity contribution in [2.45, 2.75) is 31.1 Å². The van der Waals surface area contributed by atoms with Crippen LogP contribution in [0.15, 0.2) is 29.2 Å². The average Bonchev–Trinajstić information content (AvgIpc) is 2.33. The maximum Gasteiger partial charge on any atom is 0.266 e. The number of aryl methyl sites for hydroxylation is 1. The van der Waals surface area contributed by atoms with Crippen LogP contribution in [0, 0.1) is 6.92 Å². The highest BCUT2D eigenvalue weighted by Crippen LogP contribution is 2.21. The predicted molar refractivity (Wildman–Crippen MR) is 63.9 cm³/mol. The van der Waals surface area contributed by atoms with Crippen molar-refractivity contribution in [3.63, 3.8) is 0 Å². The number of nitrogens with zero attached hydrogens (tertiary/aromatic N) is 1. The summed E-state index contributed by atoms with van der Waals surface area (Å²) in [6.45, 7) is 2.03. The number of piperidine rings is 1. The van der Waals surface area contributed by atoms with Gasteiger partial charge in [-0.3, -0.25) is 4.79 Å². The third-order valence-electron chi connectivity index (χ3n) is 2.74. The number of carbonyl (C=O) groups excluding carboxylic acids is 1. The van der Waals surface area contributed by atoms with Crippen molar-refractivity contribution >= 4 is 15.9 Å². The summed E-state index contributed by atoms with van der Waals surface area (Å²) in [6.07, 6.45) is 0.0167. The standard InChI is InChI=1S/C12H15NO3S/c1-10-5-7-11(8-6-10)17(15,16)13-9-3-2-4-12(13)14/h5-8H,2-4,9H2,1H3/i4D. The van der Waals surface area contributed by atoms with E-state index in [2.05, 4.69) is 0 Å². The third-order valence-corrected chi connectivity index (χ3v) is 4.55. The molecule has 0 N–H and O–H groups in total. The summed E-state index contributed by atoms with van der Waals surface area (Å²) in [4.78, 5) is 11.9. The molecule has 1 aromatic carbocycles. The van der Waals surface area contributed by atoms with Crippen LogP contribution < -0.4 is 0 Å². The van der Waals surface area contributed by atoms with Gasteiger partial charge in [0.15, 0.2) is 0 Å². The number of sulfonamides is 1. The molecule has 1 heterocycles. The lowest BCUT2D eigenvalue weighted by Crippen LogP contribution is -2.40. The molecule has 1 saturated heterocycles. The van der Waals surface area contributed by atoms with E-state index < -0.39 is 22.3 Å². The molecule has 1 amide bonds. The van der Waals surface area contributed by atoms with Crippen LogP contribution in [0.4, 0.5) is 0 Å². The van der Waals surface area contributed by atoms with E-state index in [9.17, 15) is 13.2 Å². The monoisotopic (exact) mass is 254 g/mol. The highest BCUT2D eigenvalue weighted by molar-refractivity contribution is 7.89. The molecule has 5 heteroatoms. The second-order valence-corrected chi connectivity index (χ2v) is 5.94. The van der Waals surface area contributed by atoms with Crippen LogP contribution >= 0.6 is 0 Å². The highest BCUT2D eigenvalue weighted by atomic mass is 32.2. The van der Waals surface area contributed by atoms with Crippen LogP contribution in [0.2, 0.25) is 0 Å². The fraction of sp³-hybridized carbons (Fsp3) is 0.417. The molecule has 0 spiro atoms. The molecule has 0 aliphatic carbocycles. The molecule has 1 fully saturated rings. The van der Waals surface area contributed by atoms with E-state index >= 15 is 0 Å². The van der Waals surface area contributed by atoms with Gasteiger partial charge in [-0.05, 0) is 31.9 Å². The Bertz CT molecular complexity index is 553. The van der Waals surface area contributed by atoms with Crippen LogP contribution in [0.1, 0.15) is 26.2 Å². The fourth-order valence-electron chi connectivity index (χ4n) is 1.75. The summed E-state index contributed by atoms with van der Waals surface area (Å²) < 4.78 is 32.9. The molecule has 0 radical (unpaired) electrons. The largest absolute Gasteiger partial charge is 0.274 e. The Hall–Kier alpha value is -1.36. The SMILES string of the molecule is [2H]C1CCCN(S(=O)(=O)c2ccc(C)cc2)C1=O. The second kappa shape index (κ2) is 4.49. The zero-order valence-electron chi connectivity index (χ0n) is 10.6. The van der Waals surface area contributed by atoms with E-state index in [-0.39, 0.29) is 11.4 Å². The van der Waals surface area contributed by atoms with Gasteiger partial charge in [0.2, 0.25) is 5.91 Å². The molecule has 0 saturated carbocycles. The Morgan fingerprint density at radius 2 is 1.88 bits per heavy atom. The maximum atomic E-state index is 12.3. The van der Waals surface area contributed by atoms with Gasteiger partial charge in [0, 0.05) is 14.3 Å². The van der Waals surface area contributed by atoms with E-state index in [1.165, 1.54) is 12.1 Å². The normalized spacial score (nSPS) is 22.4. The van der Waals surface area contributed by atoms with E-state index in [4.69, 9.17) is 1.37 Å². The molecular weight excluding hydrogens is 238 g/mol. The van der Waals surface area contributed by atoms with E-state index in [1.54, 1.807) is 12.1 Å². The van der Waals surface area contributed by atoms with Crippen molar-refractivity contribution < 1.29 is 14.6 Å². The summed E-state index contributed by atoms with van der Waals surface area (Å²) in [5, 5.41) is 0. The number of amides is 1. The van der Waals surface area contributed by atoms with Gasteiger partial charge in [-0.25, -0.2) is 12.7 Å². The summed E-state index contributed by atoms with van der Waals surface area (Å²) in [5.74, 6) is -0.623. The molecule has 2 rings (SSSR count). The Balaban J connectivity index is 2.36. The molecule has 0 aromatic heterocycles. The topological polar surface area (TPSA) is 54.5 Å². The molecule has 4 nitrogen and oxygen atoms in total. The van der Waals surface area contributed by atoms with Crippen molar-refractivity contribution in [1.29, 1.82) is 0 Å². The van der Waals surface area contributed by atoms with Gasteiger partial charge in [-0.2, -0.15) is 0 Å². The van der Waals surface area contributed by atoms with Crippen LogP contribution in [0.3, 0.4) is 0 Å². The molecule has 1 aliphatic rings. The van der Waals surface area contributed by atoms with Crippen molar-refractivity contribution in [3.05, 3.63) is 29.8 Å². The molecule has 1 aromatic rings. The molecule has 17 heavy (non-hydrogen) atoms. The van der Waals surface area contributed by atoms with Gasteiger partial charge in [0.1, 0.15) is 0 Å². The second-order valence-electron chi connectivity index (χ2n) is 4.07. The number of hydrogen-bond acceptors (Lipinski definition) is 3. The van der Waals surface area contributed by atoms with Crippen molar-refractivity contribution in [2.75, 3.05) is 6.54 Å². The van der Waals surface area contributed by atoms with Gasteiger partial charge >= 0.3 is 0 Å². The van der Waals surface area contributed by atoms with Crippen molar-refractivity contribution in [1.82, 2.24) is 4.31 Å². The first kappa shape index (κ1) is 10.8.